The van der Waals surface area contributed by atoms with Crippen molar-refractivity contribution in [2.24, 2.45) is 11.8 Å². The molecule has 2 N–H and O–H groups in total. The Bertz CT molecular complexity index is 909. The molecule has 2 heterocycles. The molecular weight excluding hydrogens is 382 g/mol. The van der Waals surface area contributed by atoms with Gasteiger partial charge in [0, 0.05) is 18.2 Å². The molecule has 3 amide bonds. The van der Waals surface area contributed by atoms with E-state index in [1.807, 2.05) is 23.1 Å². The second-order valence-corrected chi connectivity index (χ2v) is 7.94. The number of carbonyl (C=O) groups is 3. The van der Waals surface area contributed by atoms with Crippen molar-refractivity contribution in [3.8, 4) is 0 Å². The SMILES string of the molecule is O=C(CNC(=O)[C@H]1CCCC[C@@H]1C(=O)N1CCc2ccccc21)NCc1ccco1. The molecule has 7 heteroatoms. The zero-order valence-electron chi connectivity index (χ0n) is 16.9. The molecule has 1 aromatic carbocycles. The lowest BCUT2D eigenvalue weighted by Gasteiger charge is -2.32. The van der Waals surface area contributed by atoms with E-state index in [1.165, 1.54) is 5.56 Å². The average Bonchev–Trinajstić information content (AvgIpc) is 3.45. The number of anilines is 1. The van der Waals surface area contributed by atoms with Gasteiger partial charge in [0.25, 0.3) is 0 Å². The van der Waals surface area contributed by atoms with Crippen LogP contribution in [0.1, 0.15) is 37.0 Å². The van der Waals surface area contributed by atoms with E-state index in [0.29, 0.717) is 25.1 Å². The minimum Gasteiger partial charge on any atom is -0.467 e. The minimum atomic E-state index is -0.392. The van der Waals surface area contributed by atoms with Crippen molar-refractivity contribution in [3.05, 3.63) is 54.0 Å². The lowest BCUT2D eigenvalue weighted by atomic mass is 9.77. The first-order valence-corrected chi connectivity index (χ1v) is 10.6. The highest BCUT2D eigenvalue weighted by atomic mass is 16.3. The van der Waals surface area contributed by atoms with Crippen molar-refractivity contribution in [3.63, 3.8) is 0 Å². The molecule has 4 rings (SSSR count). The van der Waals surface area contributed by atoms with Gasteiger partial charge in [0.1, 0.15) is 5.76 Å². The van der Waals surface area contributed by atoms with Crippen molar-refractivity contribution in [1.29, 1.82) is 0 Å². The highest BCUT2D eigenvalue weighted by molar-refractivity contribution is 6.00. The van der Waals surface area contributed by atoms with Crippen LogP contribution in [0.25, 0.3) is 0 Å². The highest BCUT2D eigenvalue weighted by Crippen LogP contribution is 2.35. The largest absolute Gasteiger partial charge is 0.467 e. The summed E-state index contributed by atoms with van der Waals surface area (Å²) in [6.45, 7) is 0.836. The molecule has 2 atom stereocenters. The van der Waals surface area contributed by atoms with E-state index in [1.54, 1.807) is 18.4 Å². The summed E-state index contributed by atoms with van der Waals surface area (Å²) in [7, 11) is 0. The lowest BCUT2D eigenvalue weighted by molar-refractivity contribution is -0.136. The van der Waals surface area contributed by atoms with Gasteiger partial charge >= 0.3 is 0 Å². The monoisotopic (exact) mass is 409 g/mol. The predicted octanol–water partition coefficient (Wildman–Crippen LogP) is 2.41. The van der Waals surface area contributed by atoms with Crippen LogP contribution in [0.4, 0.5) is 5.69 Å². The number of nitrogens with one attached hydrogen (secondary N) is 2. The Balaban J connectivity index is 1.34. The van der Waals surface area contributed by atoms with Crippen LogP contribution in [0.2, 0.25) is 0 Å². The van der Waals surface area contributed by atoms with Gasteiger partial charge in [-0.05, 0) is 43.0 Å². The lowest BCUT2D eigenvalue weighted by Crippen LogP contribution is -2.47. The third kappa shape index (κ3) is 4.40. The highest BCUT2D eigenvalue weighted by Gasteiger charge is 2.39. The maximum Gasteiger partial charge on any atom is 0.239 e. The van der Waals surface area contributed by atoms with Crippen molar-refractivity contribution in [2.75, 3.05) is 18.0 Å². The molecule has 7 nitrogen and oxygen atoms in total. The molecule has 0 spiro atoms. The molecule has 158 valence electrons. The van der Waals surface area contributed by atoms with Gasteiger partial charge in [0.05, 0.1) is 25.3 Å². The molecule has 1 aliphatic heterocycles. The Hall–Kier alpha value is -3.09. The third-order valence-electron chi connectivity index (χ3n) is 6.04. The van der Waals surface area contributed by atoms with Gasteiger partial charge < -0.3 is 20.0 Å². The quantitative estimate of drug-likeness (QED) is 0.766. The summed E-state index contributed by atoms with van der Waals surface area (Å²) < 4.78 is 5.17. The summed E-state index contributed by atoms with van der Waals surface area (Å²) in [4.78, 5) is 40.0. The van der Waals surface area contributed by atoms with Gasteiger partial charge in [0.15, 0.2) is 0 Å². The number of benzene rings is 1. The number of amides is 3. The van der Waals surface area contributed by atoms with Crippen LogP contribution in [0.15, 0.2) is 47.1 Å². The van der Waals surface area contributed by atoms with Gasteiger partial charge in [-0.1, -0.05) is 31.0 Å². The predicted molar refractivity (Wildman–Crippen MR) is 112 cm³/mol. The number of nitrogens with zero attached hydrogens (tertiary/aromatic N) is 1. The van der Waals surface area contributed by atoms with E-state index in [9.17, 15) is 14.4 Å². The van der Waals surface area contributed by atoms with Crippen LogP contribution >= 0.6 is 0 Å². The normalized spacial score (nSPS) is 20.5. The minimum absolute atomic E-state index is 0.0297. The van der Waals surface area contributed by atoms with Gasteiger partial charge in [-0.15, -0.1) is 0 Å². The van der Waals surface area contributed by atoms with Gasteiger partial charge in [-0.3, -0.25) is 14.4 Å². The first-order valence-electron chi connectivity index (χ1n) is 10.6. The Labute approximate surface area is 175 Å². The first kappa shape index (κ1) is 20.2. The molecule has 0 bridgehead atoms. The molecule has 30 heavy (non-hydrogen) atoms. The zero-order valence-corrected chi connectivity index (χ0v) is 16.9. The number of hydrogen-bond acceptors (Lipinski definition) is 4. The second kappa shape index (κ2) is 9.15. The molecule has 0 unspecified atom stereocenters. The van der Waals surface area contributed by atoms with Crippen LogP contribution in [0, 0.1) is 11.8 Å². The van der Waals surface area contributed by atoms with Crippen LogP contribution in [0.5, 0.6) is 0 Å². The van der Waals surface area contributed by atoms with E-state index in [2.05, 4.69) is 16.7 Å². The Morgan fingerprint density at radius 2 is 1.80 bits per heavy atom. The fourth-order valence-corrected chi connectivity index (χ4v) is 4.47. The fourth-order valence-electron chi connectivity index (χ4n) is 4.47. The summed E-state index contributed by atoms with van der Waals surface area (Å²) in [5.74, 6) is -0.547. The van der Waals surface area contributed by atoms with E-state index in [-0.39, 0.29) is 36.7 Å². The number of para-hydroxylation sites is 1. The Morgan fingerprint density at radius 1 is 1.00 bits per heavy atom. The second-order valence-electron chi connectivity index (χ2n) is 7.94. The van der Waals surface area contributed by atoms with Gasteiger partial charge in [-0.25, -0.2) is 0 Å². The van der Waals surface area contributed by atoms with Crippen LogP contribution in [-0.4, -0.2) is 30.8 Å². The number of carbonyl (C=O) groups excluding carboxylic acids is 3. The topological polar surface area (TPSA) is 91.7 Å². The number of hydrogen-bond donors (Lipinski definition) is 2. The van der Waals surface area contributed by atoms with Crippen molar-refractivity contribution >= 4 is 23.4 Å². The number of furan rings is 1. The molecule has 1 aliphatic carbocycles. The maximum atomic E-state index is 13.3. The van der Waals surface area contributed by atoms with Crippen LogP contribution in [-0.2, 0) is 27.3 Å². The Morgan fingerprint density at radius 3 is 2.60 bits per heavy atom. The van der Waals surface area contributed by atoms with Crippen LogP contribution in [0.3, 0.4) is 0 Å². The average molecular weight is 409 g/mol. The summed E-state index contributed by atoms with van der Waals surface area (Å²) in [5.41, 5.74) is 2.14. The van der Waals surface area contributed by atoms with Gasteiger partial charge in [0.2, 0.25) is 17.7 Å². The summed E-state index contributed by atoms with van der Waals surface area (Å²) >= 11 is 0. The molecule has 1 saturated carbocycles. The third-order valence-corrected chi connectivity index (χ3v) is 6.04. The molecule has 1 aromatic heterocycles. The Kier molecular flexibility index (Phi) is 6.16. The molecule has 0 radical (unpaired) electrons. The number of rotatable bonds is 6. The van der Waals surface area contributed by atoms with E-state index >= 15 is 0 Å². The molecule has 2 aliphatic rings. The van der Waals surface area contributed by atoms with E-state index in [4.69, 9.17) is 4.42 Å². The summed E-state index contributed by atoms with van der Waals surface area (Å²) in [5, 5.41) is 5.44. The molecule has 0 saturated heterocycles. The smallest absolute Gasteiger partial charge is 0.239 e. The van der Waals surface area contributed by atoms with Crippen molar-refractivity contribution in [1.82, 2.24) is 10.6 Å². The van der Waals surface area contributed by atoms with Crippen molar-refractivity contribution < 1.29 is 18.8 Å². The zero-order chi connectivity index (χ0) is 20.9. The van der Waals surface area contributed by atoms with Crippen LogP contribution < -0.4 is 15.5 Å². The van der Waals surface area contributed by atoms with E-state index in [0.717, 1.165) is 24.9 Å². The fraction of sp³-hybridized carbons (Fsp3) is 0.435. The molecule has 2 aromatic rings. The van der Waals surface area contributed by atoms with E-state index < -0.39 is 5.92 Å². The molecule has 1 fully saturated rings. The summed E-state index contributed by atoms with van der Waals surface area (Å²) in [6, 6.07) is 11.5. The standard InChI is InChI=1S/C23H27N3O4/c27-21(24-14-17-7-5-13-30-17)15-25-22(28)18-8-2-3-9-19(18)23(29)26-12-11-16-6-1-4-10-20(16)26/h1,4-7,10,13,18-19H,2-3,8-9,11-12,14-15H2,(H,24,27)(H,25,28)/t18-,19-/m0/s1. The summed E-state index contributed by atoms with van der Waals surface area (Å²) in [6.07, 6.45) is 5.64. The molecular formula is C23H27N3O4. The van der Waals surface area contributed by atoms with Gasteiger partial charge in [-0.2, -0.15) is 0 Å². The maximum absolute atomic E-state index is 13.3. The number of fused-ring (bicyclic) bond motifs is 1. The van der Waals surface area contributed by atoms with Crippen molar-refractivity contribution in [2.45, 2.75) is 38.6 Å². The first-order chi connectivity index (χ1) is 14.6.